The lowest BCUT2D eigenvalue weighted by Gasteiger charge is -2.17. The number of rotatable bonds is 3. The van der Waals surface area contributed by atoms with Gasteiger partial charge in [-0.05, 0) is 38.0 Å². The van der Waals surface area contributed by atoms with Gasteiger partial charge in [0.15, 0.2) is 0 Å². The largest absolute Gasteiger partial charge is 0.493 e. The Morgan fingerprint density at radius 1 is 1.21 bits per heavy atom. The fourth-order valence-electron chi connectivity index (χ4n) is 2.54. The van der Waals surface area contributed by atoms with E-state index in [1.807, 2.05) is 31.2 Å². The normalized spacial score (nSPS) is 18.5. The molecule has 1 aliphatic rings. The Kier molecular flexibility index (Phi) is 3.56. The van der Waals surface area contributed by atoms with Gasteiger partial charge in [-0.15, -0.1) is 0 Å². The maximum Gasteiger partial charge on any atom is 0.124 e. The maximum atomic E-state index is 5.77. The Balaban J connectivity index is 1.73. The molecule has 3 rings (SSSR count). The van der Waals surface area contributed by atoms with Crippen LogP contribution in [0, 0.1) is 6.92 Å². The predicted octanol–water partition coefficient (Wildman–Crippen LogP) is 3.59. The van der Waals surface area contributed by atoms with Crippen LogP contribution in [0.2, 0.25) is 0 Å². The van der Waals surface area contributed by atoms with Crippen molar-refractivity contribution in [2.45, 2.75) is 32.4 Å². The molecule has 0 bridgehead atoms. The van der Waals surface area contributed by atoms with Crippen LogP contribution in [-0.2, 0) is 6.54 Å². The molecule has 1 unspecified atom stereocenters. The second-order valence-electron chi connectivity index (χ2n) is 4.97. The average Bonchev–Trinajstić information content (AvgIpc) is 2.73. The average molecular weight is 257 g/mol. The summed E-state index contributed by atoms with van der Waals surface area (Å²) in [4.78, 5) is 0. The van der Waals surface area contributed by atoms with Gasteiger partial charge < -0.3 is 14.5 Å². The van der Waals surface area contributed by atoms with Crippen LogP contribution in [-0.4, -0.2) is 6.61 Å². The van der Waals surface area contributed by atoms with Crippen molar-refractivity contribution in [3.63, 3.8) is 0 Å². The van der Waals surface area contributed by atoms with E-state index in [4.69, 9.17) is 9.15 Å². The molecule has 0 aliphatic carbocycles. The van der Waals surface area contributed by atoms with Crippen molar-refractivity contribution in [1.29, 1.82) is 0 Å². The summed E-state index contributed by atoms with van der Waals surface area (Å²) in [5, 5.41) is 3.57. The van der Waals surface area contributed by atoms with Crippen molar-refractivity contribution in [3.8, 4) is 5.75 Å². The summed E-state index contributed by atoms with van der Waals surface area (Å²) in [7, 11) is 0. The number of aryl methyl sites for hydroxylation is 1. The van der Waals surface area contributed by atoms with Gasteiger partial charge in [-0.3, -0.25) is 0 Å². The highest BCUT2D eigenvalue weighted by atomic mass is 16.5. The molecule has 3 nitrogen and oxygen atoms in total. The molecule has 0 amide bonds. The number of hydrogen-bond acceptors (Lipinski definition) is 3. The first kappa shape index (κ1) is 12.3. The first-order valence-electron chi connectivity index (χ1n) is 6.83. The van der Waals surface area contributed by atoms with E-state index in [-0.39, 0.29) is 0 Å². The highest BCUT2D eigenvalue weighted by Gasteiger charge is 2.19. The molecule has 2 heterocycles. The number of nitrogens with one attached hydrogen (secondary N) is 1. The minimum Gasteiger partial charge on any atom is -0.493 e. The van der Waals surface area contributed by atoms with Gasteiger partial charge in [-0.1, -0.05) is 18.2 Å². The molecule has 1 atom stereocenters. The molecule has 1 aromatic heterocycles. The highest BCUT2D eigenvalue weighted by molar-refractivity contribution is 5.36. The topological polar surface area (TPSA) is 34.4 Å². The molecule has 0 fully saturated rings. The molecular formula is C16H19NO2. The summed E-state index contributed by atoms with van der Waals surface area (Å²) in [5.41, 5.74) is 1.25. The Hall–Kier alpha value is -1.74. The van der Waals surface area contributed by atoms with Gasteiger partial charge in [0, 0.05) is 11.6 Å². The number of ether oxygens (including phenoxy) is 1. The summed E-state index contributed by atoms with van der Waals surface area (Å²) >= 11 is 0. The first-order chi connectivity index (χ1) is 9.33. The van der Waals surface area contributed by atoms with Gasteiger partial charge in [0.05, 0.1) is 13.2 Å². The SMILES string of the molecule is Cc1ccc(CNC2CCCOc3ccccc32)o1. The Morgan fingerprint density at radius 3 is 2.95 bits per heavy atom. The fraction of sp³-hybridized carbons (Fsp3) is 0.375. The van der Waals surface area contributed by atoms with E-state index in [0.717, 1.165) is 43.3 Å². The molecule has 0 saturated heterocycles. The van der Waals surface area contributed by atoms with Crippen LogP contribution in [0.15, 0.2) is 40.8 Å². The molecule has 0 saturated carbocycles. The lowest BCUT2D eigenvalue weighted by atomic mass is 10.0. The molecule has 1 N–H and O–H groups in total. The van der Waals surface area contributed by atoms with E-state index in [1.54, 1.807) is 0 Å². The molecule has 1 aliphatic heterocycles. The van der Waals surface area contributed by atoms with Crippen molar-refractivity contribution >= 4 is 0 Å². The minimum absolute atomic E-state index is 0.337. The number of para-hydroxylation sites is 1. The second kappa shape index (κ2) is 5.49. The zero-order valence-electron chi connectivity index (χ0n) is 11.2. The van der Waals surface area contributed by atoms with E-state index in [0.29, 0.717) is 6.04 Å². The van der Waals surface area contributed by atoms with Crippen LogP contribution in [0.4, 0.5) is 0 Å². The lowest BCUT2D eigenvalue weighted by molar-refractivity contribution is 0.315. The maximum absolute atomic E-state index is 5.77. The third kappa shape index (κ3) is 2.82. The molecule has 0 radical (unpaired) electrons. The van der Waals surface area contributed by atoms with E-state index < -0.39 is 0 Å². The summed E-state index contributed by atoms with van der Waals surface area (Å²) < 4.78 is 11.4. The second-order valence-corrected chi connectivity index (χ2v) is 4.97. The zero-order chi connectivity index (χ0) is 13.1. The van der Waals surface area contributed by atoms with Crippen LogP contribution in [0.5, 0.6) is 5.75 Å². The molecule has 0 spiro atoms. The molecule has 19 heavy (non-hydrogen) atoms. The van der Waals surface area contributed by atoms with Crippen molar-refractivity contribution < 1.29 is 9.15 Å². The monoisotopic (exact) mass is 257 g/mol. The Labute approximate surface area is 113 Å². The summed E-state index contributed by atoms with van der Waals surface area (Å²) in [5.74, 6) is 2.95. The number of furan rings is 1. The van der Waals surface area contributed by atoms with Crippen LogP contribution in [0.3, 0.4) is 0 Å². The van der Waals surface area contributed by atoms with Crippen molar-refractivity contribution in [1.82, 2.24) is 5.32 Å². The van der Waals surface area contributed by atoms with E-state index in [1.165, 1.54) is 5.56 Å². The smallest absolute Gasteiger partial charge is 0.124 e. The standard InChI is InChI=1S/C16H19NO2/c1-12-8-9-13(19-12)11-17-15-6-4-10-18-16-7-3-2-5-14(15)16/h2-3,5,7-9,15,17H,4,6,10-11H2,1H3. The van der Waals surface area contributed by atoms with Gasteiger partial charge in [0.2, 0.25) is 0 Å². The fourth-order valence-corrected chi connectivity index (χ4v) is 2.54. The van der Waals surface area contributed by atoms with Crippen molar-refractivity contribution in [3.05, 3.63) is 53.5 Å². The first-order valence-corrected chi connectivity index (χ1v) is 6.83. The third-order valence-corrected chi connectivity index (χ3v) is 3.51. The van der Waals surface area contributed by atoms with Crippen LogP contribution in [0.1, 0.15) is 36.0 Å². The summed E-state index contributed by atoms with van der Waals surface area (Å²) in [6.45, 7) is 3.53. The van der Waals surface area contributed by atoms with Crippen LogP contribution < -0.4 is 10.1 Å². The van der Waals surface area contributed by atoms with E-state index in [2.05, 4.69) is 17.4 Å². The van der Waals surface area contributed by atoms with Gasteiger partial charge in [0.1, 0.15) is 17.3 Å². The number of hydrogen-bond donors (Lipinski definition) is 1. The summed E-state index contributed by atoms with van der Waals surface area (Å²) in [6, 6.07) is 12.7. The highest BCUT2D eigenvalue weighted by Crippen LogP contribution is 2.31. The van der Waals surface area contributed by atoms with Gasteiger partial charge in [-0.25, -0.2) is 0 Å². The van der Waals surface area contributed by atoms with Crippen molar-refractivity contribution in [2.24, 2.45) is 0 Å². The molecule has 1 aromatic carbocycles. The number of benzene rings is 1. The lowest BCUT2D eigenvalue weighted by Crippen LogP contribution is -2.20. The van der Waals surface area contributed by atoms with Crippen LogP contribution in [0.25, 0.3) is 0 Å². The minimum atomic E-state index is 0.337. The number of fused-ring (bicyclic) bond motifs is 1. The zero-order valence-corrected chi connectivity index (χ0v) is 11.2. The van der Waals surface area contributed by atoms with E-state index >= 15 is 0 Å². The Morgan fingerprint density at radius 2 is 2.11 bits per heavy atom. The summed E-state index contributed by atoms with van der Waals surface area (Å²) in [6.07, 6.45) is 2.17. The van der Waals surface area contributed by atoms with Gasteiger partial charge in [0.25, 0.3) is 0 Å². The van der Waals surface area contributed by atoms with Gasteiger partial charge in [-0.2, -0.15) is 0 Å². The molecule has 100 valence electrons. The predicted molar refractivity (Wildman–Crippen MR) is 74.2 cm³/mol. The molecule has 3 heteroatoms. The van der Waals surface area contributed by atoms with Gasteiger partial charge >= 0.3 is 0 Å². The quantitative estimate of drug-likeness (QED) is 0.912. The van der Waals surface area contributed by atoms with E-state index in [9.17, 15) is 0 Å². The van der Waals surface area contributed by atoms with Crippen LogP contribution >= 0.6 is 0 Å². The Bertz CT molecular complexity index is 547. The molecule has 2 aromatic rings. The molecular weight excluding hydrogens is 238 g/mol. The third-order valence-electron chi connectivity index (χ3n) is 3.51. The van der Waals surface area contributed by atoms with Crippen molar-refractivity contribution in [2.75, 3.05) is 6.61 Å².